The molecular weight excluding hydrogens is 324 g/mol. The van der Waals surface area contributed by atoms with Crippen LogP contribution in [0.25, 0.3) is 10.4 Å². The number of hydrogen-bond donors (Lipinski definition) is 1. The van der Waals surface area contributed by atoms with Gasteiger partial charge in [-0.25, -0.2) is 4.79 Å². The van der Waals surface area contributed by atoms with E-state index in [0.717, 1.165) is 11.1 Å². The van der Waals surface area contributed by atoms with E-state index in [1.54, 1.807) is 7.11 Å². The van der Waals surface area contributed by atoms with Gasteiger partial charge in [0.05, 0.1) is 21.9 Å². The fourth-order valence-corrected chi connectivity index (χ4v) is 4.66. The van der Waals surface area contributed by atoms with Gasteiger partial charge in [0.2, 0.25) is 0 Å². The molecule has 0 aliphatic heterocycles. The van der Waals surface area contributed by atoms with Crippen molar-refractivity contribution in [3.63, 3.8) is 0 Å². The largest absolute Gasteiger partial charge is 0.478 e. The van der Waals surface area contributed by atoms with E-state index >= 15 is 0 Å². The van der Waals surface area contributed by atoms with Gasteiger partial charge in [-0.15, -0.1) is 11.3 Å². The molecule has 0 radical (unpaired) electrons. The molecule has 5 heteroatoms. The lowest BCUT2D eigenvalue weighted by Gasteiger charge is -2.28. The summed E-state index contributed by atoms with van der Waals surface area (Å²) in [7, 11) is 1.61. The molecule has 0 spiro atoms. The zero-order chi connectivity index (χ0) is 17.5. The zero-order valence-corrected chi connectivity index (χ0v) is 14.8. The molecule has 0 saturated carbocycles. The smallest absolute Gasteiger partial charge is 0.337 e. The topological polar surface area (TPSA) is 63.6 Å². The average Bonchev–Trinajstić information content (AvgIpc) is 2.86. The number of benzene rings is 1. The number of hydrogen-bond acceptors (Lipinski definition) is 4. The van der Waals surface area contributed by atoms with Crippen LogP contribution in [-0.2, 0) is 17.8 Å². The molecule has 1 N–H and O–H groups in total. The Morgan fingerprint density at radius 2 is 1.96 bits per heavy atom. The maximum atomic E-state index is 12.5. The highest BCUT2D eigenvalue weighted by molar-refractivity contribution is 7.18. The van der Waals surface area contributed by atoms with Crippen LogP contribution in [0.1, 0.15) is 51.4 Å². The highest BCUT2D eigenvalue weighted by atomic mass is 32.1. The van der Waals surface area contributed by atoms with Crippen molar-refractivity contribution >= 4 is 23.1 Å². The number of carboxylic acid groups (broad SMARTS) is 1. The molecule has 1 aromatic heterocycles. The van der Waals surface area contributed by atoms with Crippen LogP contribution in [0.2, 0.25) is 0 Å². The van der Waals surface area contributed by atoms with Crippen molar-refractivity contribution in [1.82, 2.24) is 0 Å². The number of carbonyl (C=O) groups is 2. The van der Waals surface area contributed by atoms with Crippen LogP contribution in [0.3, 0.4) is 0 Å². The summed E-state index contributed by atoms with van der Waals surface area (Å²) in [6.45, 7) is 4.42. The quantitative estimate of drug-likeness (QED) is 0.892. The first kappa shape index (κ1) is 16.9. The molecule has 4 nitrogen and oxygen atoms in total. The Hall–Kier alpha value is -1.98. The van der Waals surface area contributed by atoms with Gasteiger partial charge >= 0.3 is 5.97 Å². The molecule has 126 valence electrons. The number of thiophene rings is 1. The van der Waals surface area contributed by atoms with Gasteiger partial charge < -0.3 is 9.84 Å². The molecule has 0 bridgehead atoms. The predicted octanol–water partition coefficient (Wildman–Crippen LogP) is 4.41. The first-order valence-electron chi connectivity index (χ1n) is 7.83. The lowest BCUT2D eigenvalue weighted by atomic mass is 9.75. The summed E-state index contributed by atoms with van der Waals surface area (Å²) in [4.78, 5) is 25.8. The zero-order valence-electron chi connectivity index (χ0n) is 14.0. The molecule has 2 aromatic rings. The van der Waals surface area contributed by atoms with Crippen molar-refractivity contribution in [2.24, 2.45) is 5.41 Å². The van der Waals surface area contributed by atoms with Crippen LogP contribution >= 0.6 is 11.3 Å². The number of Topliss-reactive ketones (excluding diaryl/α,β-unsaturated/α-hetero) is 1. The van der Waals surface area contributed by atoms with Crippen molar-refractivity contribution in [2.45, 2.75) is 33.3 Å². The van der Waals surface area contributed by atoms with Gasteiger partial charge in [0.1, 0.15) is 0 Å². The molecule has 0 amide bonds. The van der Waals surface area contributed by atoms with Gasteiger partial charge in [-0.1, -0.05) is 38.1 Å². The van der Waals surface area contributed by atoms with E-state index in [1.165, 1.54) is 11.3 Å². The summed E-state index contributed by atoms with van der Waals surface area (Å²) in [5.41, 5.74) is 2.52. The average molecular weight is 344 g/mol. The molecular formula is C19H20O4S. The lowest BCUT2D eigenvalue weighted by Crippen LogP contribution is -2.26. The van der Waals surface area contributed by atoms with Gasteiger partial charge in [-0.05, 0) is 28.5 Å². The maximum absolute atomic E-state index is 12.5. The summed E-state index contributed by atoms with van der Waals surface area (Å²) in [6, 6.07) is 7.60. The normalized spacial score (nSPS) is 16.0. The highest BCUT2D eigenvalue weighted by Gasteiger charge is 2.37. The Morgan fingerprint density at radius 1 is 1.25 bits per heavy atom. The van der Waals surface area contributed by atoms with E-state index < -0.39 is 5.97 Å². The van der Waals surface area contributed by atoms with E-state index in [-0.39, 0.29) is 16.8 Å². The second-order valence-corrected chi connectivity index (χ2v) is 7.97. The molecule has 0 saturated heterocycles. The van der Waals surface area contributed by atoms with E-state index in [9.17, 15) is 14.7 Å². The summed E-state index contributed by atoms with van der Waals surface area (Å²) in [5.74, 6) is -0.926. The molecule has 24 heavy (non-hydrogen) atoms. The predicted molar refractivity (Wildman–Crippen MR) is 93.9 cm³/mol. The van der Waals surface area contributed by atoms with Crippen LogP contribution in [-0.4, -0.2) is 24.0 Å². The van der Waals surface area contributed by atoms with E-state index in [4.69, 9.17) is 4.74 Å². The van der Waals surface area contributed by atoms with Crippen LogP contribution in [0.5, 0.6) is 0 Å². The minimum absolute atomic E-state index is 0.0456. The number of methoxy groups -OCH3 is 1. The Kier molecular flexibility index (Phi) is 4.32. The number of rotatable bonds is 4. The number of fused-ring (bicyclic) bond motifs is 1. The maximum Gasteiger partial charge on any atom is 0.337 e. The molecule has 1 aliphatic carbocycles. The first-order valence-corrected chi connectivity index (χ1v) is 8.65. The van der Waals surface area contributed by atoms with Gasteiger partial charge in [0, 0.05) is 13.5 Å². The highest BCUT2D eigenvalue weighted by Crippen LogP contribution is 2.45. The molecule has 3 rings (SSSR count). The van der Waals surface area contributed by atoms with Gasteiger partial charge in [0.15, 0.2) is 5.78 Å². The van der Waals surface area contributed by atoms with Crippen molar-refractivity contribution in [3.05, 3.63) is 45.8 Å². The number of carbonyl (C=O) groups excluding carboxylic acids is 1. The minimum atomic E-state index is -0.972. The second-order valence-electron chi connectivity index (χ2n) is 6.95. The van der Waals surface area contributed by atoms with Gasteiger partial charge in [-0.2, -0.15) is 0 Å². The third-order valence-electron chi connectivity index (χ3n) is 4.33. The monoisotopic (exact) mass is 344 g/mol. The third-order valence-corrected chi connectivity index (χ3v) is 5.64. The molecule has 0 atom stereocenters. The summed E-state index contributed by atoms with van der Waals surface area (Å²) in [5, 5.41) is 9.81. The minimum Gasteiger partial charge on any atom is -0.478 e. The third kappa shape index (κ3) is 2.89. The van der Waals surface area contributed by atoms with Crippen molar-refractivity contribution in [3.8, 4) is 10.4 Å². The molecule has 1 heterocycles. The Balaban J connectivity index is 2.25. The van der Waals surface area contributed by atoms with Crippen molar-refractivity contribution in [1.29, 1.82) is 0 Å². The number of aromatic carboxylic acids is 1. The van der Waals surface area contributed by atoms with Crippen molar-refractivity contribution < 1.29 is 19.4 Å². The lowest BCUT2D eigenvalue weighted by molar-refractivity contribution is 0.0696. The summed E-state index contributed by atoms with van der Waals surface area (Å²) >= 11 is 1.31. The van der Waals surface area contributed by atoms with Crippen molar-refractivity contribution in [2.75, 3.05) is 7.11 Å². The molecule has 1 aromatic carbocycles. The standard InChI is InChI=1S/C19H20O4S/c1-19(2)8-13-15(18(21)22)17(24-16(13)14(20)9-19)12-7-5-4-6-11(12)10-23-3/h4-7H,8-10H2,1-3H3,(H,21,22). The van der Waals surface area contributed by atoms with Gasteiger partial charge in [0.25, 0.3) is 0 Å². The number of carboxylic acids is 1. The Morgan fingerprint density at radius 3 is 2.62 bits per heavy atom. The van der Waals surface area contributed by atoms with E-state index in [1.807, 2.05) is 38.1 Å². The molecule has 0 unspecified atom stereocenters. The molecule has 1 aliphatic rings. The summed E-state index contributed by atoms with van der Waals surface area (Å²) in [6.07, 6.45) is 1.07. The number of ketones is 1. The fourth-order valence-electron chi connectivity index (χ4n) is 3.35. The fraction of sp³-hybridized carbons (Fsp3) is 0.368. The van der Waals surface area contributed by atoms with Crippen LogP contribution < -0.4 is 0 Å². The molecule has 0 fully saturated rings. The second kappa shape index (κ2) is 6.15. The van der Waals surface area contributed by atoms with E-state index in [2.05, 4.69) is 0 Å². The Bertz CT molecular complexity index is 817. The van der Waals surface area contributed by atoms with Crippen LogP contribution in [0.15, 0.2) is 24.3 Å². The van der Waals surface area contributed by atoms with Crippen LogP contribution in [0.4, 0.5) is 0 Å². The summed E-state index contributed by atoms with van der Waals surface area (Å²) < 4.78 is 5.24. The number of ether oxygens (including phenoxy) is 1. The Labute approximate surface area is 145 Å². The SMILES string of the molecule is COCc1ccccc1-c1sc2c(c1C(=O)O)CC(C)(C)CC2=O. The van der Waals surface area contributed by atoms with Gasteiger partial charge in [-0.3, -0.25) is 4.79 Å². The van der Waals surface area contributed by atoms with E-state index in [0.29, 0.717) is 34.8 Å². The first-order chi connectivity index (χ1) is 11.3. The van der Waals surface area contributed by atoms with Crippen LogP contribution in [0, 0.1) is 5.41 Å².